The van der Waals surface area contributed by atoms with Crippen molar-refractivity contribution >= 4 is 7.32 Å². The van der Waals surface area contributed by atoms with Gasteiger partial charge in [-0.05, 0) is 62.3 Å². The minimum Gasteiger partial charge on any atom is -0.381 e. The molecule has 0 spiro atoms. The molecule has 0 atom stereocenters. The Labute approximate surface area is 103 Å². The molecule has 0 radical (unpaired) electrons. The fourth-order valence-corrected chi connectivity index (χ4v) is 0.938. The van der Waals surface area contributed by atoms with E-state index < -0.39 is 7.32 Å². The molecular weight excluding hydrogens is 203 g/mol. The van der Waals surface area contributed by atoms with Crippen LogP contribution in [-0.4, -0.2) is 24.1 Å². The maximum Gasteiger partial charge on any atom is 0.640 e. The highest BCUT2D eigenvalue weighted by molar-refractivity contribution is 6.36. The van der Waals surface area contributed by atoms with E-state index in [1.54, 1.807) is 0 Å². The fourth-order valence-electron chi connectivity index (χ4n) is 0.938. The van der Waals surface area contributed by atoms with Crippen LogP contribution in [0.2, 0.25) is 0 Å². The molecule has 0 saturated carbocycles. The lowest BCUT2D eigenvalue weighted by molar-refractivity contribution is -0.0503. The first-order valence-electron chi connectivity index (χ1n) is 5.82. The number of hydrogen-bond donors (Lipinski definition) is 0. The Kier molecular flexibility index (Phi) is 5.05. The minimum absolute atomic E-state index is 0. The Hall–Kier alpha value is -0.0551. The maximum absolute atomic E-state index is 5.75. The van der Waals surface area contributed by atoms with Crippen LogP contribution in [0.1, 0.15) is 63.7 Å². The largest absolute Gasteiger partial charge is 0.640 e. The smallest absolute Gasteiger partial charge is 0.381 e. The van der Waals surface area contributed by atoms with Crippen LogP contribution in [0, 0.1) is 0 Å². The van der Waals surface area contributed by atoms with Gasteiger partial charge in [0.15, 0.2) is 0 Å². The molecule has 0 aromatic carbocycles. The summed E-state index contributed by atoms with van der Waals surface area (Å²) in [5.41, 5.74) is -0.872. The molecule has 16 heavy (non-hydrogen) atoms. The van der Waals surface area contributed by atoms with E-state index in [0.29, 0.717) is 0 Å². The van der Waals surface area contributed by atoms with E-state index in [0.717, 1.165) is 0 Å². The van der Waals surface area contributed by atoms with Crippen molar-refractivity contribution in [1.82, 2.24) is 0 Å². The van der Waals surface area contributed by atoms with E-state index in [4.69, 9.17) is 14.0 Å². The van der Waals surface area contributed by atoms with Crippen LogP contribution >= 0.6 is 0 Å². The van der Waals surface area contributed by atoms with Crippen molar-refractivity contribution in [2.45, 2.75) is 79.1 Å². The van der Waals surface area contributed by atoms with Gasteiger partial charge in [-0.3, -0.25) is 0 Å². The third-order valence-electron chi connectivity index (χ3n) is 1.35. The predicted octanol–water partition coefficient (Wildman–Crippen LogP) is 3.66. The van der Waals surface area contributed by atoms with E-state index in [2.05, 4.69) is 0 Å². The zero-order valence-corrected chi connectivity index (χ0v) is 12.3. The zero-order chi connectivity index (χ0) is 13.2. The number of hydrogen-bond acceptors (Lipinski definition) is 3. The standard InChI is InChI=1S/C12H27BO3.H2/c1-10(2,3)14-13(15-11(4,5)6)16-12(7,8)9;/h1-9H3;1H. The van der Waals surface area contributed by atoms with Gasteiger partial charge in [-0.2, -0.15) is 0 Å². The first-order valence-corrected chi connectivity index (χ1v) is 5.82. The summed E-state index contributed by atoms with van der Waals surface area (Å²) >= 11 is 0. The minimum atomic E-state index is -0.639. The van der Waals surface area contributed by atoms with Crippen molar-refractivity contribution in [2.75, 3.05) is 0 Å². The molecule has 0 aliphatic heterocycles. The van der Waals surface area contributed by atoms with E-state index in [-0.39, 0.29) is 18.2 Å². The quantitative estimate of drug-likeness (QED) is 0.695. The summed E-state index contributed by atoms with van der Waals surface area (Å²) in [5.74, 6) is 0. The second kappa shape index (κ2) is 5.07. The zero-order valence-electron chi connectivity index (χ0n) is 12.3. The van der Waals surface area contributed by atoms with Gasteiger partial charge in [-0.1, -0.05) is 0 Å². The molecule has 0 aromatic rings. The summed E-state index contributed by atoms with van der Waals surface area (Å²) in [4.78, 5) is 0. The van der Waals surface area contributed by atoms with E-state index in [1.807, 2.05) is 62.3 Å². The van der Waals surface area contributed by atoms with Crippen molar-refractivity contribution in [3.8, 4) is 0 Å². The van der Waals surface area contributed by atoms with E-state index in [9.17, 15) is 0 Å². The van der Waals surface area contributed by atoms with Crippen molar-refractivity contribution in [1.29, 1.82) is 0 Å². The van der Waals surface area contributed by atoms with Crippen molar-refractivity contribution in [3.63, 3.8) is 0 Å². The summed E-state index contributed by atoms with van der Waals surface area (Å²) < 4.78 is 17.2. The fraction of sp³-hybridized carbons (Fsp3) is 1.00. The Balaban J connectivity index is 0. The van der Waals surface area contributed by atoms with Gasteiger partial charge < -0.3 is 14.0 Å². The molecule has 0 N–H and O–H groups in total. The molecule has 0 unspecified atom stereocenters. The van der Waals surface area contributed by atoms with E-state index in [1.165, 1.54) is 0 Å². The maximum atomic E-state index is 5.75. The van der Waals surface area contributed by atoms with Gasteiger partial charge >= 0.3 is 7.32 Å². The summed E-state index contributed by atoms with van der Waals surface area (Å²) in [6.07, 6.45) is 0. The summed E-state index contributed by atoms with van der Waals surface area (Å²) in [7, 11) is -0.639. The van der Waals surface area contributed by atoms with Crippen LogP contribution in [0.3, 0.4) is 0 Å². The van der Waals surface area contributed by atoms with Gasteiger partial charge in [-0.25, -0.2) is 0 Å². The van der Waals surface area contributed by atoms with Gasteiger partial charge in [0.05, 0.1) is 0 Å². The molecule has 0 aliphatic rings. The average molecular weight is 232 g/mol. The summed E-state index contributed by atoms with van der Waals surface area (Å²) in [6.45, 7) is 17.9. The van der Waals surface area contributed by atoms with Crippen LogP contribution in [0.5, 0.6) is 0 Å². The van der Waals surface area contributed by atoms with Crippen molar-refractivity contribution in [2.24, 2.45) is 0 Å². The molecule has 0 rings (SSSR count). The van der Waals surface area contributed by atoms with Crippen molar-refractivity contribution in [3.05, 3.63) is 0 Å². The van der Waals surface area contributed by atoms with Gasteiger partial charge in [0.1, 0.15) is 0 Å². The number of rotatable bonds is 3. The highest BCUT2D eigenvalue weighted by atomic mass is 16.8. The molecule has 0 heterocycles. The predicted molar refractivity (Wildman–Crippen MR) is 70.4 cm³/mol. The second-order valence-corrected chi connectivity index (χ2v) is 6.98. The first-order chi connectivity index (χ1) is 6.79. The molecule has 0 saturated heterocycles. The topological polar surface area (TPSA) is 27.7 Å². The van der Waals surface area contributed by atoms with Gasteiger partial charge in [-0.15, -0.1) is 0 Å². The second-order valence-electron chi connectivity index (χ2n) is 6.98. The molecule has 0 fully saturated rings. The third kappa shape index (κ3) is 10.5. The van der Waals surface area contributed by atoms with E-state index >= 15 is 0 Å². The highest BCUT2D eigenvalue weighted by Crippen LogP contribution is 2.20. The molecule has 4 heteroatoms. The van der Waals surface area contributed by atoms with Gasteiger partial charge in [0.2, 0.25) is 0 Å². The monoisotopic (exact) mass is 232 g/mol. The lowest BCUT2D eigenvalue weighted by Crippen LogP contribution is -2.44. The molecule has 98 valence electrons. The Morgan fingerprint density at radius 2 is 0.750 bits per heavy atom. The Bertz CT molecular complexity index is 175. The van der Waals surface area contributed by atoms with Crippen LogP contribution in [0.25, 0.3) is 0 Å². The SMILES string of the molecule is CC(C)(C)OB(OC(C)(C)C)OC(C)(C)C.[HH]. The van der Waals surface area contributed by atoms with Crippen LogP contribution in [0.4, 0.5) is 0 Å². The molecular formula is C12H29BO3. The van der Waals surface area contributed by atoms with Crippen molar-refractivity contribution < 1.29 is 15.4 Å². The molecule has 0 bridgehead atoms. The summed E-state index contributed by atoms with van der Waals surface area (Å²) in [6, 6.07) is 0. The normalized spacial score (nSPS) is 14.1. The van der Waals surface area contributed by atoms with Crippen LogP contribution < -0.4 is 0 Å². The highest BCUT2D eigenvalue weighted by Gasteiger charge is 2.35. The summed E-state index contributed by atoms with van der Waals surface area (Å²) in [5, 5.41) is 0. The Morgan fingerprint density at radius 3 is 0.875 bits per heavy atom. The molecule has 0 aliphatic carbocycles. The first kappa shape index (κ1) is 15.9. The Morgan fingerprint density at radius 1 is 0.562 bits per heavy atom. The van der Waals surface area contributed by atoms with Crippen LogP contribution in [-0.2, 0) is 14.0 Å². The van der Waals surface area contributed by atoms with Crippen LogP contribution in [0.15, 0.2) is 0 Å². The molecule has 0 aromatic heterocycles. The molecule has 0 amide bonds. The lowest BCUT2D eigenvalue weighted by Gasteiger charge is -2.33. The third-order valence-corrected chi connectivity index (χ3v) is 1.35. The molecule has 3 nitrogen and oxygen atoms in total. The lowest BCUT2D eigenvalue weighted by atomic mass is 10.0. The average Bonchev–Trinajstić information content (AvgIpc) is 1.70. The van der Waals surface area contributed by atoms with Gasteiger partial charge in [0.25, 0.3) is 0 Å². The van der Waals surface area contributed by atoms with Gasteiger partial charge in [0, 0.05) is 18.2 Å².